The molecule has 4 rings (SSSR count). The normalized spacial score (nSPS) is 14.1. The van der Waals surface area contributed by atoms with Crippen molar-refractivity contribution in [2.75, 3.05) is 45.6 Å². The maximum Gasteiger partial charge on any atom is 0.255 e. The minimum atomic E-state index is -0.196. The van der Waals surface area contributed by atoms with Crippen LogP contribution in [0.5, 0.6) is 5.75 Å². The number of nitrogens with zero attached hydrogens (tertiary/aromatic N) is 2. The number of rotatable bonds is 11. The smallest absolute Gasteiger partial charge is 0.255 e. The molecule has 8 nitrogen and oxygen atoms in total. The number of para-hydroxylation sites is 1. The maximum absolute atomic E-state index is 12.7. The van der Waals surface area contributed by atoms with Crippen molar-refractivity contribution in [2.24, 2.45) is 13.0 Å². The third kappa shape index (κ3) is 7.81. The molecule has 0 unspecified atom stereocenters. The fourth-order valence-electron chi connectivity index (χ4n) is 5.12. The molecule has 4 N–H and O–H groups in total. The number of ether oxygens (including phenoxy) is 1. The summed E-state index contributed by atoms with van der Waals surface area (Å²) in [5.74, 6) is 0.676. The van der Waals surface area contributed by atoms with E-state index in [-0.39, 0.29) is 24.2 Å². The van der Waals surface area contributed by atoms with Crippen LogP contribution in [0.25, 0.3) is 10.9 Å². The van der Waals surface area contributed by atoms with Crippen molar-refractivity contribution in [3.63, 3.8) is 0 Å². The van der Waals surface area contributed by atoms with Crippen LogP contribution >= 0.6 is 24.0 Å². The first-order chi connectivity index (χ1) is 18.4. The quantitative estimate of drug-likeness (QED) is 0.223. The number of aromatic nitrogens is 1. The number of unbranched alkanes of at least 4 members (excludes halogenated alkanes) is 2. The summed E-state index contributed by atoms with van der Waals surface area (Å²) in [6, 6.07) is 11.1. The molecule has 0 spiro atoms. The highest BCUT2D eigenvalue weighted by Crippen LogP contribution is 2.29. The molecule has 2 amide bonds. The van der Waals surface area contributed by atoms with E-state index in [1.807, 2.05) is 42.1 Å². The summed E-state index contributed by atoms with van der Waals surface area (Å²) < 4.78 is 7.29. The molecule has 1 fully saturated rings. The monoisotopic (exact) mass is 575 g/mol. The van der Waals surface area contributed by atoms with Gasteiger partial charge in [0.1, 0.15) is 5.75 Å². The average molecular weight is 577 g/mol. The Kier molecular flexibility index (Phi) is 11.3. The van der Waals surface area contributed by atoms with Crippen LogP contribution in [0.3, 0.4) is 0 Å². The van der Waals surface area contributed by atoms with E-state index in [4.69, 9.17) is 22.1 Å². The zero-order chi connectivity index (χ0) is 27.1. The molecule has 1 aliphatic rings. The van der Waals surface area contributed by atoms with Crippen molar-refractivity contribution in [3.8, 4) is 5.75 Å². The van der Waals surface area contributed by atoms with Gasteiger partial charge in [-0.25, -0.2) is 0 Å². The lowest BCUT2D eigenvalue weighted by molar-refractivity contribution is 0.0929. The number of benzene rings is 2. The molecular formula is C29H39Cl2N5O3. The van der Waals surface area contributed by atoms with Crippen molar-refractivity contribution in [3.05, 3.63) is 58.7 Å². The van der Waals surface area contributed by atoms with Gasteiger partial charge in [0.05, 0.1) is 28.9 Å². The number of nitrogens with two attached hydrogens (primary N) is 1. The number of anilines is 1. The van der Waals surface area contributed by atoms with E-state index in [0.717, 1.165) is 68.2 Å². The second kappa shape index (κ2) is 14.4. The molecule has 0 radical (unpaired) electrons. The minimum absolute atomic E-state index is 0. The fraction of sp³-hybridized carbons (Fsp3) is 0.448. The standard InChI is InChI=1S/C29H38ClN5O3.ClH/c1-34-19-23(21-8-4-5-9-26(21)34)29(37)32-12-6-3-7-13-35-14-10-20(11-15-35)18-33-28(36)22-16-24(30)25(31)17-27(22)38-2;/h4-5,8-9,16-17,19-20H,3,6-7,10-15,18,31H2,1-2H3,(H,32,37)(H,33,36);1H. The Morgan fingerprint density at radius 2 is 1.77 bits per heavy atom. The van der Waals surface area contributed by atoms with Crippen LogP contribution in [-0.2, 0) is 7.05 Å². The maximum atomic E-state index is 12.7. The van der Waals surface area contributed by atoms with Crippen LogP contribution in [0.2, 0.25) is 5.02 Å². The number of hydrogen-bond donors (Lipinski definition) is 3. The molecule has 0 bridgehead atoms. The second-order valence-corrected chi connectivity index (χ2v) is 10.5. The summed E-state index contributed by atoms with van der Waals surface area (Å²) in [5, 5.41) is 7.44. The number of carbonyl (C=O) groups excluding carboxylic acids is 2. The van der Waals surface area contributed by atoms with Crippen molar-refractivity contribution in [1.82, 2.24) is 20.1 Å². The number of nitrogen functional groups attached to an aromatic ring is 1. The minimum Gasteiger partial charge on any atom is -0.496 e. The van der Waals surface area contributed by atoms with Crippen LogP contribution in [0.15, 0.2) is 42.6 Å². The molecule has 0 atom stereocenters. The SMILES string of the molecule is COc1cc(N)c(Cl)cc1C(=O)NCC1CCN(CCCCCNC(=O)c2cn(C)c3ccccc23)CC1.Cl. The molecule has 10 heteroatoms. The Morgan fingerprint density at radius 3 is 2.51 bits per heavy atom. The first-order valence-electron chi connectivity index (χ1n) is 13.3. The van der Waals surface area contributed by atoms with E-state index in [2.05, 4.69) is 15.5 Å². The number of methoxy groups -OCH3 is 1. The van der Waals surface area contributed by atoms with Gasteiger partial charge in [-0.1, -0.05) is 36.2 Å². The molecule has 1 aliphatic heterocycles. The molecule has 0 saturated carbocycles. The zero-order valence-electron chi connectivity index (χ0n) is 22.7. The molecular weight excluding hydrogens is 537 g/mol. The molecule has 3 aromatic rings. The number of piperidine rings is 1. The highest BCUT2D eigenvalue weighted by Gasteiger charge is 2.21. The summed E-state index contributed by atoms with van der Waals surface area (Å²) in [7, 11) is 3.48. The van der Waals surface area contributed by atoms with Crippen LogP contribution < -0.4 is 21.1 Å². The highest BCUT2D eigenvalue weighted by molar-refractivity contribution is 6.33. The number of fused-ring (bicyclic) bond motifs is 1. The van der Waals surface area contributed by atoms with Crippen molar-refractivity contribution >= 4 is 52.4 Å². The van der Waals surface area contributed by atoms with Gasteiger partial charge in [-0.15, -0.1) is 12.4 Å². The van der Waals surface area contributed by atoms with Gasteiger partial charge < -0.3 is 30.6 Å². The Morgan fingerprint density at radius 1 is 1.05 bits per heavy atom. The topological polar surface area (TPSA) is 102 Å². The van der Waals surface area contributed by atoms with Crippen molar-refractivity contribution < 1.29 is 14.3 Å². The number of amides is 2. The molecule has 39 heavy (non-hydrogen) atoms. The van der Waals surface area contributed by atoms with Gasteiger partial charge in [0, 0.05) is 43.3 Å². The highest BCUT2D eigenvalue weighted by atomic mass is 35.5. The number of halogens is 2. The van der Waals surface area contributed by atoms with Gasteiger partial charge in [0.25, 0.3) is 11.8 Å². The Hall–Kier alpha value is -2.94. The van der Waals surface area contributed by atoms with Gasteiger partial charge in [-0.2, -0.15) is 0 Å². The third-order valence-electron chi connectivity index (χ3n) is 7.40. The van der Waals surface area contributed by atoms with Gasteiger partial charge >= 0.3 is 0 Å². The van der Waals surface area contributed by atoms with Gasteiger partial charge in [-0.05, 0) is 63.4 Å². The molecule has 0 aliphatic carbocycles. The zero-order valence-corrected chi connectivity index (χ0v) is 24.2. The van der Waals surface area contributed by atoms with E-state index in [0.29, 0.717) is 41.0 Å². The second-order valence-electron chi connectivity index (χ2n) is 10.1. The van der Waals surface area contributed by atoms with Crippen LogP contribution in [0, 0.1) is 5.92 Å². The van der Waals surface area contributed by atoms with E-state index in [1.54, 1.807) is 12.1 Å². The Balaban J connectivity index is 0.00000420. The third-order valence-corrected chi connectivity index (χ3v) is 7.73. The number of nitrogens with one attached hydrogen (secondary N) is 2. The number of carbonyl (C=O) groups is 2. The number of likely N-dealkylation sites (tertiary alicyclic amines) is 1. The summed E-state index contributed by atoms with van der Waals surface area (Å²) in [6.45, 7) is 4.46. The van der Waals surface area contributed by atoms with Crippen LogP contribution in [0.4, 0.5) is 5.69 Å². The largest absolute Gasteiger partial charge is 0.496 e. The summed E-state index contributed by atoms with van der Waals surface area (Å²) >= 11 is 6.10. The lowest BCUT2D eigenvalue weighted by atomic mass is 9.96. The van der Waals surface area contributed by atoms with E-state index in [1.165, 1.54) is 7.11 Å². The summed E-state index contributed by atoms with van der Waals surface area (Å²) in [6.07, 6.45) is 7.18. The molecule has 2 aromatic carbocycles. The van der Waals surface area contributed by atoms with Gasteiger partial charge in [0.2, 0.25) is 0 Å². The summed E-state index contributed by atoms with van der Waals surface area (Å²) in [4.78, 5) is 27.8. The number of hydrogen-bond acceptors (Lipinski definition) is 5. The fourth-order valence-corrected chi connectivity index (χ4v) is 5.28. The lowest BCUT2D eigenvalue weighted by Gasteiger charge is -2.32. The van der Waals surface area contributed by atoms with E-state index < -0.39 is 0 Å². The van der Waals surface area contributed by atoms with E-state index in [9.17, 15) is 9.59 Å². The lowest BCUT2D eigenvalue weighted by Crippen LogP contribution is -2.39. The summed E-state index contributed by atoms with van der Waals surface area (Å²) in [5.41, 5.74) is 8.40. The van der Waals surface area contributed by atoms with E-state index >= 15 is 0 Å². The Bertz CT molecular complexity index is 1270. The van der Waals surface area contributed by atoms with Crippen molar-refractivity contribution in [2.45, 2.75) is 32.1 Å². The van der Waals surface area contributed by atoms with Crippen molar-refractivity contribution in [1.29, 1.82) is 0 Å². The van der Waals surface area contributed by atoms with Gasteiger partial charge in [-0.3, -0.25) is 9.59 Å². The Labute approximate surface area is 241 Å². The average Bonchev–Trinajstić information content (AvgIpc) is 3.27. The molecule has 212 valence electrons. The first kappa shape index (κ1) is 30.6. The first-order valence-corrected chi connectivity index (χ1v) is 13.7. The number of aryl methyl sites for hydroxylation is 1. The predicted octanol–water partition coefficient (Wildman–Crippen LogP) is 4.89. The van der Waals surface area contributed by atoms with Gasteiger partial charge in [0.15, 0.2) is 0 Å². The van der Waals surface area contributed by atoms with Crippen LogP contribution in [0.1, 0.15) is 52.8 Å². The molecule has 1 saturated heterocycles. The van der Waals surface area contributed by atoms with Crippen LogP contribution in [-0.4, -0.2) is 61.1 Å². The molecule has 1 aromatic heterocycles. The predicted molar refractivity (Wildman–Crippen MR) is 160 cm³/mol. The molecule has 2 heterocycles.